The maximum Gasteiger partial charge on any atom is 0.329 e. The van der Waals surface area contributed by atoms with Crippen LogP contribution in [0.5, 0.6) is 0 Å². The van der Waals surface area contributed by atoms with E-state index in [-0.39, 0.29) is 18.0 Å². The SMILES string of the molecule is C=C1CCC(Cc2ccc3c(c2)n(C)c(=O)n3C2CCC(=O)NC2=O)CC1. The van der Waals surface area contributed by atoms with Crippen molar-refractivity contribution in [2.24, 2.45) is 13.0 Å². The molecule has 2 amide bonds. The highest BCUT2D eigenvalue weighted by molar-refractivity contribution is 6.00. The van der Waals surface area contributed by atoms with Gasteiger partial charge in [-0.05, 0) is 62.1 Å². The van der Waals surface area contributed by atoms with E-state index >= 15 is 0 Å². The van der Waals surface area contributed by atoms with E-state index in [2.05, 4.69) is 24.0 Å². The second-order valence-electron chi connectivity index (χ2n) is 7.90. The molecular weight excluding hydrogens is 342 g/mol. The smallest absolute Gasteiger partial charge is 0.295 e. The molecule has 0 spiro atoms. The van der Waals surface area contributed by atoms with Gasteiger partial charge >= 0.3 is 5.69 Å². The lowest BCUT2D eigenvalue weighted by Crippen LogP contribution is -2.44. The first kappa shape index (κ1) is 17.8. The second kappa shape index (κ2) is 6.83. The van der Waals surface area contributed by atoms with Crippen molar-refractivity contribution < 1.29 is 9.59 Å². The molecule has 1 saturated heterocycles. The third kappa shape index (κ3) is 3.24. The zero-order valence-corrected chi connectivity index (χ0v) is 15.7. The van der Waals surface area contributed by atoms with Crippen LogP contribution in [0.15, 0.2) is 35.1 Å². The molecule has 27 heavy (non-hydrogen) atoms. The Labute approximate surface area is 157 Å². The summed E-state index contributed by atoms with van der Waals surface area (Å²) in [7, 11) is 1.74. The molecule has 2 aliphatic rings. The van der Waals surface area contributed by atoms with Gasteiger partial charge in [0.1, 0.15) is 6.04 Å². The maximum atomic E-state index is 12.8. The predicted molar refractivity (Wildman–Crippen MR) is 103 cm³/mol. The summed E-state index contributed by atoms with van der Waals surface area (Å²) in [5.74, 6) is -0.0171. The number of nitrogens with one attached hydrogen (secondary N) is 1. The van der Waals surface area contributed by atoms with E-state index in [0.717, 1.165) is 30.3 Å². The third-order valence-corrected chi connectivity index (χ3v) is 6.01. The lowest BCUT2D eigenvalue weighted by molar-refractivity contribution is -0.135. The predicted octanol–water partition coefficient (Wildman–Crippen LogP) is 2.61. The van der Waals surface area contributed by atoms with Crippen molar-refractivity contribution in [3.05, 3.63) is 46.4 Å². The molecule has 1 atom stereocenters. The van der Waals surface area contributed by atoms with Gasteiger partial charge in [-0.2, -0.15) is 0 Å². The summed E-state index contributed by atoms with van der Waals surface area (Å²) in [6, 6.07) is 5.45. The van der Waals surface area contributed by atoms with Gasteiger partial charge in [0.25, 0.3) is 0 Å². The summed E-state index contributed by atoms with van der Waals surface area (Å²) in [5.41, 5.74) is 3.94. The molecule has 1 aromatic carbocycles. The summed E-state index contributed by atoms with van der Waals surface area (Å²) < 4.78 is 3.14. The molecule has 1 saturated carbocycles. The second-order valence-corrected chi connectivity index (χ2v) is 7.90. The zero-order valence-electron chi connectivity index (χ0n) is 15.7. The first-order chi connectivity index (χ1) is 12.9. The van der Waals surface area contributed by atoms with Gasteiger partial charge in [0, 0.05) is 13.5 Å². The highest BCUT2D eigenvalue weighted by Crippen LogP contribution is 2.30. The molecule has 6 heteroatoms. The lowest BCUT2D eigenvalue weighted by Gasteiger charge is -2.23. The molecule has 2 heterocycles. The Hall–Kier alpha value is -2.63. The largest absolute Gasteiger partial charge is 0.329 e. The van der Waals surface area contributed by atoms with E-state index in [1.807, 2.05) is 6.07 Å². The van der Waals surface area contributed by atoms with Crippen LogP contribution >= 0.6 is 0 Å². The molecule has 0 bridgehead atoms. The fourth-order valence-electron chi connectivity index (χ4n) is 4.39. The highest BCUT2D eigenvalue weighted by atomic mass is 16.2. The van der Waals surface area contributed by atoms with Gasteiger partial charge in [-0.3, -0.25) is 24.0 Å². The van der Waals surface area contributed by atoms with Crippen LogP contribution in [0.2, 0.25) is 0 Å². The number of imidazole rings is 1. The molecular formula is C21H25N3O3. The van der Waals surface area contributed by atoms with Crippen LogP contribution in [0.1, 0.15) is 50.1 Å². The summed E-state index contributed by atoms with van der Waals surface area (Å²) in [6.45, 7) is 4.08. The Morgan fingerprint density at radius 2 is 1.81 bits per heavy atom. The standard InChI is InChI=1S/C21H25N3O3/c1-13-3-5-14(6-4-13)11-15-7-8-16-18(12-15)23(2)21(27)24(16)17-9-10-19(25)22-20(17)26/h7-8,12,14,17H,1,3-6,9-11H2,2H3,(H,22,25,26). The minimum atomic E-state index is -0.630. The van der Waals surface area contributed by atoms with Gasteiger partial charge in [-0.25, -0.2) is 4.79 Å². The van der Waals surface area contributed by atoms with Crippen molar-refractivity contribution in [2.75, 3.05) is 0 Å². The number of carbonyl (C=O) groups is 2. The number of aryl methyl sites for hydroxylation is 1. The van der Waals surface area contributed by atoms with Gasteiger partial charge in [0.2, 0.25) is 11.8 Å². The number of piperidine rings is 1. The van der Waals surface area contributed by atoms with Crippen molar-refractivity contribution in [1.82, 2.24) is 14.5 Å². The van der Waals surface area contributed by atoms with Crippen LogP contribution in [0, 0.1) is 5.92 Å². The number of aromatic nitrogens is 2. The molecule has 2 aromatic rings. The fraction of sp³-hybridized carbons (Fsp3) is 0.476. The van der Waals surface area contributed by atoms with E-state index in [4.69, 9.17) is 0 Å². The average molecular weight is 367 g/mol. The van der Waals surface area contributed by atoms with E-state index in [0.29, 0.717) is 12.3 Å². The number of benzene rings is 1. The van der Waals surface area contributed by atoms with Crippen LogP contribution in [0.25, 0.3) is 11.0 Å². The molecule has 142 valence electrons. The van der Waals surface area contributed by atoms with Crippen LogP contribution < -0.4 is 11.0 Å². The van der Waals surface area contributed by atoms with Gasteiger partial charge in [0.15, 0.2) is 0 Å². The highest BCUT2D eigenvalue weighted by Gasteiger charge is 2.31. The number of allylic oxidation sites excluding steroid dienone is 1. The first-order valence-electron chi connectivity index (χ1n) is 9.64. The minimum Gasteiger partial charge on any atom is -0.295 e. The number of hydrogen-bond acceptors (Lipinski definition) is 3. The summed E-state index contributed by atoms with van der Waals surface area (Å²) in [5, 5.41) is 2.34. The number of imide groups is 1. The Kier molecular flexibility index (Phi) is 4.50. The monoisotopic (exact) mass is 367 g/mol. The Bertz CT molecular complexity index is 988. The van der Waals surface area contributed by atoms with E-state index < -0.39 is 11.9 Å². The van der Waals surface area contributed by atoms with Crippen LogP contribution in [0.4, 0.5) is 0 Å². The molecule has 1 unspecified atom stereocenters. The van der Waals surface area contributed by atoms with Crippen molar-refractivity contribution in [3.63, 3.8) is 0 Å². The molecule has 0 radical (unpaired) electrons. The summed E-state index contributed by atoms with van der Waals surface area (Å²) in [4.78, 5) is 36.5. The Morgan fingerprint density at radius 3 is 2.52 bits per heavy atom. The van der Waals surface area contributed by atoms with Crippen molar-refractivity contribution in [3.8, 4) is 0 Å². The minimum absolute atomic E-state index is 0.217. The van der Waals surface area contributed by atoms with Crippen molar-refractivity contribution in [1.29, 1.82) is 0 Å². The van der Waals surface area contributed by atoms with Gasteiger partial charge < -0.3 is 0 Å². The number of carbonyl (C=O) groups excluding carboxylic acids is 2. The Morgan fingerprint density at radius 1 is 1.07 bits per heavy atom. The van der Waals surface area contributed by atoms with Crippen molar-refractivity contribution in [2.45, 2.75) is 51.0 Å². The molecule has 2 fully saturated rings. The topological polar surface area (TPSA) is 73.1 Å². The van der Waals surface area contributed by atoms with Gasteiger partial charge in [0.05, 0.1) is 11.0 Å². The third-order valence-electron chi connectivity index (χ3n) is 6.01. The molecule has 1 aromatic heterocycles. The number of rotatable bonds is 3. The summed E-state index contributed by atoms with van der Waals surface area (Å²) >= 11 is 0. The number of nitrogens with zero attached hydrogens (tertiary/aromatic N) is 2. The lowest BCUT2D eigenvalue weighted by atomic mass is 9.83. The zero-order chi connectivity index (χ0) is 19.1. The molecule has 1 aliphatic heterocycles. The number of amides is 2. The maximum absolute atomic E-state index is 12.8. The number of hydrogen-bond donors (Lipinski definition) is 1. The van der Waals surface area contributed by atoms with E-state index in [9.17, 15) is 14.4 Å². The fourth-order valence-corrected chi connectivity index (χ4v) is 4.39. The van der Waals surface area contributed by atoms with Crippen LogP contribution in [-0.2, 0) is 23.1 Å². The van der Waals surface area contributed by atoms with Crippen LogP contribution in [0.3, 0.4) is 0 Å². The molecule has 1 N–H and O–H groups in total. The molecule has 1 aliphatic carbocycles. The molecule has 4 rings (SSSR count). The van der Waals surface area contributed by atoms with E-state index in [1.54, 1.807) is 11.6 Å². The van der Waals surface area contributed by atoms with E-state index in [1.165, 1.54) is 28.5 Å². The quantitative estimate of drug-likeness (QED) is 0.669. The normalized spacial score (nSPS) is 21.7. The average Bonchev–Trinajstić information content (AvgIpc) is 2.88. The molecule has 6 nitrogen and oxygen atoms in total. The summed E-state index contributed by atoms with van der Waals surface area (Å²) in [6.07, 6.45) is 6.18. The van der Waals surface area contributed by atoms with Gasteiger partial charge in [-0.15, -0.1) is 0 Å². The first-order valence-corrected chi connectivity index (χ1v) is 9.64. The van der Waals surface area contributed by atoms with Crippen molar-refractivity contribution >= 4 is 22.8 Å². The number of fused-ring (bicyclic) bond motifs is 1. The Balaban J connectivity index is 1.66. The van der Waals surface area contributed by atoms with Gasteiger partial charge in [-0.1, -0.05) is 18.2 Å². The van der Waals surface area contributed by atoms with Crippen LogP contribution in [-0.4, -0.2) is 20.9 Å².